The predicted molar refractivity (Wildman–Crippen MR) is 210 cm³/mol. The second-order valence-electron chi connectivity index (χ2n) is 12.8. The number of nitrogens with zero attached hydrogens (tertiary/aromatic N) is 2. The third kappa shape index (κ3) is 4.63. The summed E-state index contributed by atoms with van der Waals surface area (Å²) < 4.78 is 6.55. The molecule has 0 radical (unpaired) electrons. The first-order valence-corrected chi connectivity index (χ1v) is 17.0. The van der Waals surface area contributed by atoms with Crippen molar-refractivity contribution >= 4 is 71.4 Å². The van der Waals surface area contributed by atoms with Gasteiger partial charge in [0.25, 0.3) is 0 Å². The van der Waals surface area contributed by atoms with E-state index in [0.29, 0.717) is 0 Å². The van der Waals surface area contributed by atoms with Gasteiger partial charge in [0.2, 0.25) is 0 Å². The number of pyridine rings is 1. The summed E-state index contributed by atoms with van der Waals surface area (Å²) in [5.41, 5.74) is 10.4. The van der Waals surface area contributed by atoms with Crippen LogP contribution >= 0.6 is 0 Å². The maximum absolute atomic E-state index is 6.55. The Hall–Kier alpha value is -6.71. The van der Waals surface area contributed by atoms with Gasteiger partial charge in [0, 0.05) is 49.6 Å². The lowest BCUT2D eigenvalue weighted by molar-refractivity contribution is 0.673. The standard InChI is InChI=1S/C47H30N2O/c1-2-10-31(11-3-1)33-18-23-36(24-19-33)49(38-27-20-32-12-4-5-13-35(32)30-38)37-25-21-34(22-26-37)46-42-29-28-40-39-14-7-9-17-44(39)50-47(40)45(42)41-15-6-8-16-43(41)48-46/h1-30H. The maximum atomic E-state index is 6.55. The molecule has 2 heterocycles. The summed E-state index contributed by atoms with van der Waals surface area (Å²) in [6, 6.07) is 64.4. The minimum absolute atomic E-state index is 0.896. The van der Waals surface area contributed by atoms with Gasteiger partial charge in [0.05, 0.1) is 11.2 Å². The highest BCUT2D eigenvalue weighted by Gasteiger charge is 2.18. The molecule has 50 heavy (non-hydrogen) atoms. The highest BCUT2D eigenvalue weighted by atomic mass is 16.3. The average molecular weight is 639 g/mol. The summed E-state index contributed by atoms with van der Waals surface area (Å²) >= 11 is 0. The predicted octanol–water partition coefficient (Wildman–Crippen LogP) is 13.2. The first-order valence-electron chi connectivity index (χ1n) is 17.0. The summed E-state index contributed by atoms with van der Waals surface area (Å²) in [6.45, 7) is 0. The van der Waals surface area contributed by atoms with Crippen LogP contribution < -0.4 is 4.90 Å². The molecule has 0 aliphatic heterocycles. The van der Waals surface area contributed by atoms with E-state index in [1.165, 1.54) is 21.9 Å². The van der Waals surface area contributed by atoms with Crippen LogP contribution in [-0.2, 0) is 0 Å². The molecule has 10 rings (SSSR count). The average Bonchev–Trinajstić information content (AvgIpc) is 3.57. The lowest BCUT2D eigenvalue weighted by Gasteiger charge is -2.26. The van der Waals surface area contributed by atoms with Crippen LogP contribution in [0.15, 0.2) is 186 Å². The van der Waals surface area contributed by atoms with Crippen molar-refractivity contribution < 1.29 is 4.42 Å². The molecule has 0 N–H and O–H groups in total. The zero-order valence-corrected chi connectivity index (χ0v) is 27.1. The van der Waals surface area contributed by atoms with E-state index in [2.05, 4.69) is 175 Å². The highest BCUT2D eigenvalue weighted by molar-refractivity contribution is 6.24. The van der Waals surface area contributed by atoms with Crippen molar-refractivity contribution in [3.8, 4) is 22.4 Å². The Bertz CT molecular complexity index is 2850. The molecule has 0 saturated heterocycles. The molecule has 0 amide bonds. The summed E-state index contributed by atoms with van der Waals surface area (Å²) in [7, 11) is 0. The topological polar surface area (TPSA) is 29.3 Å². The van der Waals surface area contributed by atoms with Crippen LogP contribution in [-0.4, -0.2) is 4.98 Å². The largest absolute Gasteiger partial charge is 0.455 e. The van der Waals surface area contributed by atoms with Gasteiger partial charge in [0.15, 0.2) is 0 Å². The van der Waals surface area contributed by atoms with E-state index in [1.807, 2.05) is 12.1 Å². The molecule has 0 aliphatic carbocycles. The minimum Gasteiger partial charge on any atom is -0.455 e. The third-order valence-electron chi connectivity index (χ3n) is 9.83. The number of anilines is 3. The van der Waals surface area contributed by atoms with Crippen molar-refractivity contribution in [3.63, 3.8) is 0 Å². The van der Waals surface area contributed by atoms with E-state index in [-0.39, 0.29) is 0 Å². The van der Waals surface area contributed by atoms with Crippen molar-refractivity contribution in [2.75, 3.05) is 4.90 Å². The summed E-state index contributed by atoms with van der Waals surface area (Å²) in [4.78, 5) is 7.57. The zero-order chi connectivity index (χ0) is 33.0. The molecule has 0 unspecified atom stereocenters. The zero-order valence-electron chi connectivity index (χ0n) is 27.1. The van der Waals surface area contributed by atoms with Crippen LogP contribution in [0.4, 0.5) is 17.1 Å². The number of para-hydroxylation sites is 2. The Balaban J connectivity index is 1.13. The van der Waals surface area contributed by atoms with E-state index < -0.39 is 0 Å². The smallest absolute Gasteiger partial charge is 0.144 e. The summed E-state index contributed by atoms with van der Waals surface area (Å²) in [6.07, 6.45) is 0. The van der Waals surface area contributed by atoms with Gasteiger partial charge in [-0.25, -0.2) is 4.98 Å². The maximum Gasteiger partial charge on any atom is 0.144 e. The molecule has 0 spiro atoms. The van der Waals surface area contributed by atoms with Gasteiger partial charge >= 0.3 is 0 Å². The number of hydrogen-bond donors (Lipinski definition) is 0. The van der Waals surface area contributed by atoms with E-state index in [9.17, 15) is 0 Å². The summed E-state index contributed by atoms with van der Waals surface area (Å²) in [5, 5.41) is 7.94. The van der Waals surface area contributed by atoms with E-state index in [4.69, 9.17) is 9.40 Å². The van der Waals surface area contributed by atoms with Gasteiger partial charge in [0.1, 0.15) is 11.2 Å². The Morgan fingerprint density at radius 1 is 0.400 bits per heavy atom. The number of rotatable bonds is 5. The Morgan fingerprint density at radius 3 is 1.80 bits per heavy atom. The second-order valence-corrected chi connectivity index (χ2v) is 12.8. The SMILES string of the molecule is c1ccc(-c2ccc(N(c3ccc(-c4nc5ccccc5c5c4ccc4c6ccccc6oc45)cc3)c3ccc4ccccc4c3)cc2)cc1. The van der Waals surface area contributed by atoms with Crippen molar-refractivity contribution in [3.05, 3.63) is 182 Å². The Morgan fingerprint density at radius 2 is 1.00 bits per heavy atom. The van der Waals surface area contributed by atoms with Crippen LogP contribution in [0.1, 0.15) is 0 Å². The normalized spacial score (nSPS) is 11.6. The molecule has 0 saturated carbocycles. The monoisotopic (exact) mass is 638 g/mol. The molecule has 0 atom stereocenters. The molecule has 10 aromatic rings. The molecule has 3 heteroatoms. The quantitative estimate of drug-likeness (QED) is 0.176. The van der Waals surface area contributed by atoms with Crippen molar-refractivity contribution in [2.45, 2.75) is 0 Å². The molecule has 2 aromatic heterocycles. The fourth-order valence-corrected chi connectivity index (χ4v) is 7.40. The van der Waals surface area contributed by atoms with Crippen LogP contribution in [0, 0.1) is 0 Å². The van der Waals surface area contributed by atoms with Gasteiger partial charge in [-0.2, -0.15) is 0 Å². The van der Waals surface area contributed by atoms with Crippen LogP contribution in [0.5, 0.6) is 0 Å². The number of hydrogen-bond acceptors (Lipinski definition) is 3. The van der Waals surface area contributed by atoms with E-state index in [1.54, 1.807) is 0 Å². The third-order valence-corrected chi connectivity index (χ3v) is 9.83. The number of furan rings is 1. The molecule has 8 aromatic carbocycles. The van der Waals surface area contributed by atoms with Crippen molar-refractivity contribution in [1.82, 2.24) is 4.98 Å². The van der Waals surface area contributed by atoms with Gasteiger partial charge in [-0.3, -0.25) is 0 Å². The van der Waals surface area contributed by atoms with E-state index in [0.717, 1.165) is 71.9 Å². The summed E-state index contributed by atoms with van der Waals surface area (Å²) in [5.74, 6) is 0. The van der Waals surface area contributed by atoms with Gasteiger partial charge < -0.3 is 9.32 Å². The fraction of sp³-hybridized carbons (Fsp3) is 0. The van der Waals surface area contributed by atoms with Crippen molar-refractivity contribution in [1.29, 1.82) is 0 Å². The number of benzene rings is 8. The fourth-order valence-electron chi connectivity index (χ4n) is 7.40. The molecule has 0 bridgehead atoms. The first kappa shape index (κ1) is 28.3. The Labute approximate surface area is 289 Å². The first-order chi connectivity index (χ1) is 24.8. The Kier molecular flexibility index (Phi) is 6.49. The lowest BCUT2D eigenvalue weighted by atomic mass is 9.97. The van der Waals surface area contributed by atoms with Crippen molar-refractivity contribution in [2.24, 2.45) is 0 Å². The molecule has 234 valence electrons. The van der Waals surface area contributed by atoms with Crippen LogP contribution in [0.25, 0.3) is 76.8 Å². The lowest BCUT2D eigenvalue weighted by Crippen LogP contribution is -2.09. The van der Waals surface area contributed by atoms with Crippen LogP contribution in [0.2, 0.25) is 0 Å². The molecule has 3 nitrogen and oxygen atoms in total. The van der Waals surface area contributed by atoms with Gasteiger partial charge in [-0.15, -0.1) is 0 Å². The number of aromatic nitrogens is 1. The molecule has 0 fully saturated rings. The molecular formula is C47H30N2O. The highest BCUT2D eigenvalue weighted by Crippen LogP contribution is 2.42. The van der Waals surface area contributed by atoms with Gasteiger partial charge in [-0.05, 0) is 76.5 Å². The van der Waals surface area contributed by atoms with Crippen LogP contribution in [0.3, 0.4) is 0 Å². The van der Waals surface area contributed by atoms with E-state index >= 15 is 0 Å². The van der Waals surface area contributed by atoms with Gasteiger partial charge in [-0.1, -0.05) is 127 Å². The number of fused-ring (bicyclic) bond motifs is 8. The second kappa shape index (κ2) is 11.5. The molecular weight excluding hydrogens is 609 g/mol. The molecule has 0 aliphatic rings. The minimum atomic E-state index is 0.896.